The SMILES string of the molecule is CC[C@H](N)c1cnc(N2CCc3ccccc32)cc1C. The van der Waals surface area contributed by atoms with Crippen LogP contribution in [0.3, 0.4) is 0 Å². The van der Waals surface area contributed by atoms with E-state index >= 15 is 0 Å². The zero-order valence-electron chi connectivity index (χ0n) is 12.1. The normalized spacial score (nSPS) is 15.2. The van der Waals surface area contributed by atoms with Crippen molar-refractivity contribution in [3.63, 3.8) is 0 Å². The van der Waals surface area contributed by atoms with Gasteiger partial charge in [-0.3, -0.25) is 0 Å². The van der Waals surface area contributed by atoms with Crippen molar-refractivity contribution in [2.24, 2.45) is 5.73 Å². The zero-order valence-corrected chi connectivity index (χ0v) is 12.1. The summed E-state index contributed by atoms with van der Waals surface area (Å²) in [6, 6.07) is 10.8. The average molecular weight is 267 g/mol. The van der Waals surface area contributed by atoms with Crippen molar-refractivity contribution in [1.29, 1.82) is 0 Å². The number of anilines is 2. The number of para-hydroxylation sites is 1. The minimum Gasteiger partial charge on any atom is -0.326 e. The van der Waals surface area contributed by atoms with Gasteiger partial charge in [-0.25, -0.2) is 4.98 Å². The maximum absolute atomic E-state index is 6.12. The van der Waals surface area contributed by atoms with Crippen LogP contribution in [0, 0.1) is 6.92 Å². The highest BCUT2D eigenvalue weighted by Gasteiger charge is 2.21. The standard InChI is InChI=1S/C17H21N3/c1-3-15(18)14-11-19-17(10-12(14)2)20-9-8-13-6-4-5-7-16(13)20/h4-7,10-11,15H,3,8-9,18H2,1-2H3/t15-/m0/s1. The number of benzene rings is 1. The fourth-order valence-electron chi connectivity index (χ4n) is 2.88. The molecule has 2 heterocycles. The molecule has 1 atom stereocenters. The van der Waals surface area contributed by atoms with Crippen molar-refractivity contribution in [1.82, 2.24) is 4.98 Å². The molecule has 2 N–H and O–H groups in total. The van der Waals surface area contributed by atoms with Crippen LogP contribution < -0.4 is 10.6 Å². The molecule has 104 valence electrons. The quantitative estimate of drug-likeness (QED) is 0.925. The van der Waals surface area contributed by atoms with Crippen LogP contribution in [-0.2, 0) is 6.42 Å². The number of nitrogens with two attached hydrogens (primary N) is 1. The molecule has 1 aliphatic heterocycles. The van der Waals surface area contributed by atoms with E-state index in [1.165, 1.54) is 16.8 Å². The van der Waals surface area contributed by atoms with Gasteiger partial charge in [0.05, 0.1) is 0 Å². The summed E-state index contributed by atoms with van der Waals surface area (Å²) in [5, 5.41) is 0. The van der Waals surface area contributed by atoms with Crippen molar-refractivity contribution in [2.75, 3.05) is 11.4 Å². The molecule has 0 aliphatic carbocycles. The molecule has 1 aromatic heterocycles. The summed E-state index contributed by atoms with van der Waals surface area (Å²) in [4.78, 5) is 6.93. The third kappa shape index (κ3) is 2.18. The van der Waals surface area contributed by atoms with Gasteiger partial charge in [-0.15, -0.1) is 0 Å². The van der Waals surface area contributed by atoms with Crippen molar-refractivity contribution in [2.45, 2.75) is 32.7 Å². The molecule has 2 aromatic rings. The molecule has 1 aromatic carbocycles. The number of hydrogen-bond acceptors (Lipinski definition) is 3. The fourth-order valence-corrected chi connectivity index (χ4v) is 2.88. The van der Waals surface area contributed by atoms with Crippen LogP contribution in [0.5, 0.6) is 0 Å². The molecular weight excluding hydrogens is 246 g/mol. The average Bonchev–Trinajstić information content (AvgIpc) is 2.90. The molecule has 0 radical (unpaired) electrons. The second-order valence-electron chi connectivity index (χ2n) is 5.44. The number of hydrogen-bond donors (Lipinski definition) is 1. The molecular formula is C17H21N3. The summed E-state index contributed by atoms with van der Waals surface area (Å²) in [7, 11) is 0. The topological polar surface area (TPSA) is 42.1 Å². The first-order chi connectivity index (χ1) is 9.70. The predicted octanol–water partition coefficient (Wildman–Crippen LogP) is 3.49. The molecule has 0 spiro atoms. The molecule has 3 rings (SSSR count). The first-order valence-electron chi connectivity index (χ1n) is 7.28. The number of nitrogens with zero attached hydrogens (tertiary/aromatic N) is 2. The lowest BCUT2D eigenvalue weighted by molar-refractivity contribution is 0.690. The van der Waals surface area contributed by atoms with E-state index in [4.69, 9.17) is 5.73 Å². The second-order valence-corrected chi connectivity index (χ2v) is 5.44. The fraction of sp³-hybridized carbons (Fsp3) is 0.353. The monoisotopic (exact) mass is 267 g/mol. The van der Waals surface area contributed by atoms with E-state index < -0.39 is 0 Å². The minimum atomic E-state index is 0.0856. The lowest BCUT2D eigenvalue weighted by Crippen LogP contribution is -2.16. The first kappa shape index (κ1) is 13.1. The number of aromatic nitrogens is 1. The molecule has 0 amide bonds. The maximum atomic E-state index is 6.12. The van der Waals surface area contributed by atoms with E-state index in [0.29, 0.717) is 0 Å². The summed E-state index contributed by atoms with van der Waals surface area (Å²) in [6.45, 7) is 5.23. The van der Waals surface area contributed by atoms with Gasteiger partial charge in [-0.1, -0.05) is 25.1 Å². The van der Waals surface area contributed by atoms with Gasteiger partial charge in [0, 0.05) is 24.5 Å². The summed E-state index contributed by atoms with van der Waals surface area (Å²) in [6.07, 6.45) is 3.97. The number of pyridine rings is 1. The lowest BCUT2D eigenvalue weighted by atomic mass is 10.0. The van der Waals surface area contributed by atoms with Gasteiger partial charge in [-0.05, 0) is 48.6 Å². The molecule has 0 fully saturated rings. The second kappa shape index (κ2) is 5.25. The Balaban J connectivity index is 1.95. The Kier molecular flexibility index (Phi) is 3.45. The van der Waals surface area contributed by atoms with E-state index in [-0.39, 0.29) is 6.04 Å². The van der Waals surface area contributed by atoms with Gasteiger partial charge in [0.2, 0.25) is 0 Å². The molecule has 3 nitrogen and oxygen atoms in total. The van der Waals surface area contributed by atoms with E-state index in [1.807, 2.05) is 6.20 Å². The third-order valence-corrected chi connectivity index (χ3v) is 4.14. The van der Waals surface area contributed by atoms with Crippen LogP contribution in [0.2, 0.25) is 0 Å². The van der Waals surface area contributed by atoms with Gasteiger partial charge >= 0.3 is 0 Å². The van der Waals surface area contributed by atoms with E-state index in [9.17, 15) is 0 Å². The summed E-state index contributed by atoms with van der Waals surface area (Å²) in [5.74, 6) is 1.03. The van der Waals surface area contributed by atoms with Gasteiger partial charge in [-0.2, -0.15) is 0 Å². The highest BCUT2D eigenvalue weighted by Crippen LogP contribution is 2.34. The van der Waals surface area contributed by atoms with Crippen LogP contribution in [0.4, 0.5) is 11.5 Å². The van der Waals surface area contributed by atoms with Gasteiger partial charge in [0.1, 0.15) is 5.82 Å². The van der Waals surface area contributed by atoms with Gasteiger partial charge in [0.25, 0.3) is 0 Å². The summed E-state index contributed by atoms with van der Waals surface area (Å²) < 4.78 is 0. The summed E-state index contributed by atoms with van der Waals surface area (Å²) >= 11 is 0. The Hall–Kier alpha value is -1.87. The van der Waals surface area contributed by atoms with Crippen molar-refractivity contribution >= 4 is 11.5 Å². The van der Waals surface area contributed by atoms with Crippen LogP contribution in [0.25, 0.3) is 0 Å². The Morgan fingerprint density at radius 2 is 2.15 bits per heavy atom. The van der Waals surface area contributed by atoms with Crippen molar-refractivity contribution < 1.29 is 0 Å². The molecule has 1 aliphatic rings. The zero-order chi connectivity index (χ0) is 14.1. The van der Waals surface area contributed by atoms with E-state index in [2.05, 4.69) is 54.1 Å². The molecule has 0 saturated heterocycles. The van der Waals surface area contributed by atoms with Crippen LogP contribution in [0.15, 0.2) is 36.5 Å². The van der Waals surface area contributed by atoms with Crippen LogP contribution in [-0.4, -0.2) is 11.5 Å². The van der Waals surface area contributed by atoms with Crippen molar-refractivity contribution in [3.8, 4) is 0 Å². The summed E-state index contributed by atoms with van der Waals surface area (Å²) in [5.41, 5.74) is 11.2. The smallest absolute Gasteiger partial charge is 0.133 e. The molecule has 0 saturated carbocycles. The number of fused-ring (bicyclic) bond motifs is 1. The van der Waals surface area contributed by atoms with Crippen LogP contribution >= 0.6 is 0 Å². The Labute approximate surface area is 120 Å². The van der Waals surface area contributed by atoms with Crippen molar-refractivity contribution in [3.05, 3.63) is 53.2 Å². The number of aryl methyl sites for hydroxylation is 1. The van der Waals surface area contributed by atoms with E-state index in [0.717, 1.165) is 30.8 Å². The lowest BCUT2D eigenvalue weighted by Gasteiger charge is -2.20. The molecule has 20 heavy (non-hydrogen) atoms. The maximum Gasteiger partial charge on any atom is 0.133 e. The number of rotatable bonds is 3. The molecule has 0 bridgehead atoms. The van der Waals surface area contributed by atoms with Crippen LogP contribution in [0.1, 0.15) is 36.1 Å². The van der Waals surface area contributed by atoms with E-state index in [1.54, 1.807) is 0 Å². The Morgan fingerprint density at radius 1 is 1.35 bits per heavy atom. The molecule has 3 heteroatoms. The Morgan fingerprint density at radius 3 is 2.90 bits per heavy atom. The third-order valence-electron chi connectivity index (χ3n) is 4.14. The van der Waals surface area contributed by atoms with Gasteiger partial charge in [0.15, 0.2) is 0 Å². The van der Waals surface area contributed by atoms with Gasteiger partial charge < -0.3 is 10.6 Å². The first-order valence-corrected chi connectivity index (χ1v) is 7.28. The highest BCUT2D eigenvalue weighted by molar-refractivity contribution is 5.67. The predicted molar refractivity (Wildman–Crippen MR) is 83.3 cm³/mol. The molecule has 0 unspecified atom stereocenters. The Bertz CT molecular complexity index is 621. The largest absolute Gasteiger partial charge is 0.326 e. The highest BCUT2D eigenvalue weighted by atomic mass is 15.2. The minimum absolute atomic E-state index is 0.0856.